The van der Waals surface area contributed by atoms with Crippen molar-refractivity contribution in [3.8, 4) is 0 Å². The van der Waals surface area contributed by atoms with Crippen molar-refractivity contribution in [2.45, 2.75) is 30.3 Å². The number of nitrogens with zero attached hydrogens (tertiary/aromatic N) is 3. The van der Waals surface area contributed by atoms with E-state index in [0.29, 0.717) is 6.54 Å². The van der Waals surface area contributed by atoms with Crippen molar-refractivity contribution in [3.05, 3.63) is 18.1 Å². The highest BCUT2D eigenvalue weighted by molar-refractivity contribution is 7.92. The van der Waals surface area contributed by atoms with Crippen molar-refractivity contribution in [1.29, 1.82) is 0 Å². The Morgan fingerprint density at radius 1 is 1.31 bits per heavy atom. The third kappa shape index (κ3) is 4.31. The van der Waals surface area contributed by atoms with Crippen molar-refractivity contribution in [2.75, 3.05) is 42.7 Å². The maximum absolute atomic E-state index is 12.9. The van der Waals surface area contributed by atoms with Crippen LogP contribution in [0.3, 0.4) is 0 Å². The number of sulfone groups is 1. The number of ether oxygens (including phenoxy) is 2. The Hall–Kier alpha value is -1.99. The minimum absolute atomic E-state index is 0.0872. The highest BCUT2D eigenvalue weighted by Gasteiger charge is 2.48. The summed E-state index contributed by atoms with van der Waals surface area (Å²) >= 11 is 0. The average molecular weight is 436 g/mol. The monoisotopic (exact) mass is 436 g/mol. The standard InChI is InChI=1S/C16H19F3N4O5S/c17-16(18,19)12-3-13(21-9-20-12)23-1-2-28-15(7-23)4-11(27-8-15)14(24)22-10-5-29(25,26)6-10/h3,9-11H,1-2,4-8H2,(H,22,24). The Morgan fingerprint density at radius 2 is 2.07 bits per heavy atom. The first-order chi connectivity index (χ1) is 13.6. The molecule has 1 aromatic rings. The van der Waals surface area contributed by atoms with Gasteiger partial charge in [-0.3, -0.25) is 4.79 Å². The van der Waals surface area contributed by atoms with Crippen molar-refractivity contribution in [2.24, 2.45) is 0 Å². The number of hydrogen-bond donors (Lipinski definition) is 1. The average Bonchev–Trinajstić information content (AvgIpc) is 3.03. The lowest BCUT2D eigenvalue weighted by Crippen LogP contribution is -2.56. The van der Waals surface area contributed by atoms with E-state index in [1.54, 1.807) is 4.90 Å². The van der Waals surface area contributed by atoms with Crippen LogP contribution in [0.15, 0.2) is 12.4 Å². The molecule has 2 atom stereocenters. The van der Waals surface area contributed by atoms with E-state index in [4.69, 9.17) is 9.47 Å². The van der Waals surface area contributed by atoms with Gasteiger partial charge in [0.1, 0.15) is 29.5 Å². The molecule has 1 aromatic heterocycles. The first kappa shape index (κ1) is 20.3. The second kappa shape index (κ2) is 7.06. The Balaban J connectivity index is 1.40. The Kier molecular flexibility index (Phi) is 4.94. The number of alkyl halides is 3. The van der Waals surface area contributed by atoms with Crippen molar-refractivity contribution in [1.82, 2.24) is 15.3 Å². The predicted molar refractivity (Wildman–Crippen MR) is 92.9 cm³/mol. The summed E-state index contributed by atoms with van der Waals surface area (Å²) < 4.78 is 72.6. The van der Waals surface area contributed by atoms with Crippen molar-refractivity contribution >= 4 is 21.6 Å². The minimum atomic E-state index is -4.57. The molecule has 9 nitrogen and oxygen atoms in total. The van der Waals surface area contributed by atoms with E-state index >= 15 is 0 Å². The number of aromatic nitrogens is 2. The summed E-state index contributed by atoms with van der Waals surface area (Å²) in [6.07, 6.45) is -4.30. The molecular formula is C16H19F3N4O5S. The van der Waals surface area contributed by atoms with Crippen LogP contribution in [0, 0.1) is 0 Å². The molecule has 3 aliphatic rings. The zero-order valence-electron chi connectivity index (χ0n) is 15.2. The fraction of sp³-hybridized carbons (Fsp3) is 0.688. The molecule has 3 saturated heterocycles. The number of carbonyl (C=O) groups excluding carboxylic acids is 1. The molecule has 1 N–H and O–H groups in total. The van der Waals surface area contributed by atoms with Crippen LogP contribution in [0.4, 0.5) is 19.0 Å². The molecule has 0 aromatic carbocycles. The van der Waals surface area contributed by atoms with Gasteiger partial charge < -0.3 is 19.7 Å². The molecular weight excluding hydrogens is 417 g/mol. The van der Waals surface area contributed by atoms with Gasteiger partial charge in [-0.25, -0.2) is 18.4 Å². The number of rotatable bonds is 3. The van der Waals surface area contributed by atoms with Crippen molar-refractivity contribution in [3.63, 3.8) is 0 Å². The van der Waals surface area contributed by atoms with Crippen LogP contribution in [0.25, 0.3) is 0 Å². The molecule has 4 heterocycles. The van der Waals surface area contributed by atoms with Gasteiger partial charge in [0.2, 0.25) is 5.91 Å². The van der Waals surface area contributed by atoms with Crippen molar-refractivity contribution < 1.29 is 35.9 Å². The molecule has 160 valence electrons. The van der Waals surface area contributed by atoms with Crippen LogP contribution in [-0.2, 0) is 30.3 Å². The quantitative estimate of drug-likeness (QED) is 0.692. The fourth-order valence-electron chi connectivity index (χ4n) is 3.74. The van der Waals surface area contributed by atoms with Gasteiger partial charge in [0, 0.05) is 19.0 Å². The van der Waals surface area contributed by atoms with Crippen LogP contribution in [0.1, 0.15) is 12.1 Å². The third-order valence-electron chi connectivity index (χ3n) is 5.17. The van der Waals surface area contributed by atoms with Crippen LogP contribution in [-0.4, -0.2) is 79.8 Å². The summed E-state index contributed by atoms with van der Waals surface area (Å²) in [5.41, 5.74) is -1.88. The molecule has 0 bridgehead atoms. The zero-order valence-corrected chi connectivity index (χ0v) is 16.0. The van der Waals surface area contributed by atoms with Gasteiger partial charge in [-0.05, 0) is 0 Å². The number of nitrogens with one attached hydrogen (secondary N) is 1. The van der Waals surface area contributed by atoms with E-state index in [0.717, 1.165) is 12.4 Å². The Bertz CT molecular complexity index is 900. The molecule has 0 radical (unpaired) electrons. The van der Waals surface area contributed by atoms with Crippen LogP contribution >= 0.6 is 0 Å². The van der Waals surface area contributed by atoms with E-state index in [1.165, 1.54) is 0 Å². The second-order valence-corrected chi connectivity index (χ2v) is 9.65. The van der Waals surface area contributed by atoms with Crippen LogP contribution in [0.2, 0.25) is 0 Å². The maximum atomic E-state index is 12.9. The van der Waals surface area contributed by atoms with Crippen LogP contribution in [0.5, 0.6) is 0 Å². The lowest BCUT2D eigenvalue weighted by atomic mass is 9.97. The normalized spacial score (nSPS) is 29.6. The molecule has 2 unspecified atom stereocenters. The number of morpholine rings is 1. The smallest absolute Gasteiger partial charge is 0.369 e. The van der Waals surface area contributed by atoms with Crippen LogP contribution < -0.4 is 10.2 Å². The Morgan fingerprint density at radius 3 is 2.76 bits per heavy atom. The summed E-state index contributed by atoms with van der Waals surface area (Å²) in [7, 11) is -3.06. The number of halogens is 3. The topological polar surface area (TPSA) is 111 Å². The minimum Gasteiger partial charge on any atom is -0.369 e. The summed E-state index contributed by atoms with van der Waals surface area (Å²) in [6, 6.07) is 0.467. The molecule has 0 aliphatic carbocycles. The van der Waals surface area contributed by atoms with Gasteiger partial charge in [0.25, 0.3) is 0 Å². The van der Waals surface area contributed by atoms with E-state index in [9.17, 15) is 26.4 Å². The van der Waals surface area contributed by atoms with E-state index < -0.39 is 45.4 Å². The summed E-state index contributed by atoms with van der Waals surface area (Å²) in [5.74, 6) is -0.460. The van der Waals surface area contributed by atoms with Gasteiger partial charge in [-0.15, -0.1) is 0 Å². The number of anilines is 1. The molecule has 4 rings (SSSR count). The summed E-state index contributed by atoms with van der Waals surface area (Å²) in [4.78, 5) is 21.2. The Labute approximate surface area is 164 Å². The second-order valence-electron chi connectivity index (χ2n) is 7.50. The fourth-order valence-corrected chi connectivity index (χ4v) is 5.04. The molecule has 1 amide bonds. The highest BCUT2D eigenvalue weighted by atomic mass is 32.2. The third-order valence-corrected chi connectivity index (χ3v) is 6.99. The zero-order chi connectivity index (χ0) is 20.9. The first-order valence-electron chi connectivity index (χ1n) is 8.96. The number of hydrogen-bond acceptors (Lipinski definition) is 8. The van der Waals surface area contributed by atoms with E-state index in [1.807, 2.05) is 0 Å². The predicted octanol–water partition coefficient (Wildman–Crippen LogP) is -0.227. The van der Waals surface area contributed by atoms with E-state index in [2.05, 4.69) is 15.3 Å². The number of amides is 1. The maximum Gasteiger partial charge on any atom is 0.433 e. The van der Waals surface area contributed by atoms with Gasteiger partial charge in [0.05, 0.1) is 37.3 Å². The SMILES string of the molecule is O=C(NC1CS(=O)(=O)C1)C1CC2(CO1)CN(c1cc(C(F)(F)F)ncn1)CCO2. The first-order valence-corrected chi connectivity index (χ1v) is 10.8. The van der Waals surface area contributed by atoms with Gasteiger partial charge in [0.15, 0.2) is 9.84 Å². The lowest BCUT2D eigenvalue weighted by molar-refractivity contribution is -0.141. The summed E-state index contributed by atoms with van der Waals surface area (Å²) in [6.45, 7) is 0.890. The summed E-state index contributed by atoms with van der Waals surface area (Å²) in [5, 5.41) is 2.65. The molecule has 3 fully saturated rings. The molecule has 0 saturated carbocycles. The molecule has 29 heavy (non-hydrogen) atoms. The van der Waals surface area contributed by atoms with Gasteiger partial charge in [-0.1, -0.05) is 0 Å². The van der Waals surface area contributed by atoms with E-state index in [-0.39, 0.29) is 43.5 Å². The van der Waals surface area contributed by atoms with Gasteiger partial charge in [-0.2, -0.15) is 13.2 Å². The number of carbonyl (C=O) groups is 1. The molecule has 1 spiro atoms. The largest absolute Gasteiger partial charge is 0.433 e. The lowest BCUT2D eigenvalue weighted by Gasteiger charge is -2.40. The molecule has 13 heteroatoms. The highest BCUT2D eigenvalue weighted by Crippen LogP contribution is 2.34. The molecule has 3 aliphatic heterocycles. The van der Waals surface area contributed by atoms with Gasteiger partial charge >= 0.3 is 6.18 Å².